The van der Waals surface area contributed by atoms with E-state index >= 15 is 0 Å². The quantitative estimate of drug-likeness (QED) is 0.327. The Kier molecular flexibility index (Phi) is 6.69. The predicted molar refractivity (Wildman–Crippen MR) is 123 cm³/mol. The molecule has 0 aliphatic carbocycles. The minimum absolute atomic E-state index is 0.104. The van der Waals surface area contributed by atoms with Crippen molar-refractivity contribution < 1.29 is 5.11 Å². The number of H-pyrrole nitrogens is 1. The SMILES string of the molecule is CCN(CC)c1ccc(-c2n[nH]c(=S)n2/N=C/c2cc(Br)cc(Br)c2O)cc1. The first kappa shape index (κ1) is 20.8. The zero-order valence-corrected chi connectivity index (χ0v) is 19.3. The molecule has 0 atom stereocenters. The van der Waals surface area contributed by atoms with E-state index in [1.807, 2.05) is 12.1 Å². The normalized spacial score (nSPS) is 11.3. The number of hydrogen-bond acceptors (Lipinski definition) is 5. The number of halogens is 2. The smallest absolute Gasteiger partial charge is 0.216 e. The first-order valence-electron chi connectivity index (χ1n) is 8.69. The first-order chi connectivity index (χ1) is 13.4. The molecule has 3 rings (SSSR count). The number of phenols is 1. The number of aromatic hydroxyl groups is 1. The number of hydrogen-bond donors (Lipinski definition) is 2. The van der Waals surface area contributed by atoms with Crippen LogP contribution in [0.3, 0.4) is 0 Å². The van der Waals surface area contributed by atoms with Crippen molar-refractivity contribution in [3.63, 3.8) is 0 Å². The molecule has 9 heteroatoms. The fourth-order valence-corrected chi connectivity index (χ4v) is 4.24. The molecule has 0 bridgehead atoms. The Morgan fingerprint density at radius 2 is 1.89 bits per heavy atom. The summed E-state index contributed by atoms with van der Waals surface area (Å²) in [5.41, 5.74) is 2.59. The minimum Gasteiger partial charge on any atom is -0.506 e. The third-order valence-electron chi connectivity index (χ3n) is 4.27. The van der Waals surface area contributed by atoms with E-state index in [1.165, 1.54) is 4.68 Å². The molecule has 0 amide bonds. The largest absolute Gasteiger partial charge is 0.506 e. The first-order valence-corrected chi connectivity index (χ1v) is 10.7. The van der Waals surface area contributed by atoms with Crippen molar-refractivity contribution in [3.05, 3.63) is 55.7 Å². The number of phenolic OH excluding ortho intramolecular Hbond substituents is 1. The molecule has 6 nitrogen and oxygen atoms in total. The van der Waals surface area contributed by atoms with Gasteiger partial charge >= 0.3 is 0 Å². The molecule has 0 fully saturated rings. The topological polar surface area (TPSA) is 69.4 Å². The Morgan fingerprint density at radius 3 is 2.54 bits per heavy atom. The highest BCUT2D eigenvalue weighted by atomic mass is 79.9. The van der Waals surface area contributed by atoms with Gasteiger partial charge in [0.15, 0.2) is 5.82 Å². The average Bonchev–Trinajstić information content (AvgIpc) is 3.05. The van der Waals surface area contributed by atoms with Gasteiger partial charge < -0.3 is 10.0 Å². The maximum atomic E-state index is 10.2. The Bertz CT molecular complexity index is 1060. The second kappa shape index (κ2) is 9.02. The fourth-order valence-electron chi connectivity index (χ4n) is 2.80. The average molecular weight is 525 g/mol. The molecule has 2 aromatic carbocycles. The summed E-state index contributed by atoms with van der Waals surface area (Å²) in [6, 6.07) is 11.6. The summed E-state index contributed by atoms with van der Waals surface area (Å²) < 4.78 is 3.30. The van der Waals surface area contributed by atoms with E-state index < -0.39 is 0 Å². The van der Waals surface area contributed by atoms with Crippen LogP contribution in [0.2, 0.25) is 0 Å². The van der Waals surface area contributed by atoms with Crippen molar-refractivity contribution in [2.45, 2.75) is 13.8 Å². The number of nitrogens with zero attached hydrogens (tertiary/aromatic N) is 4. The van der Waals surface area contributed by atoms with Gasteiger partial charge in [-0.2, -0.15) is 14.9 Å². The molecule has 1 heterocycles. The molecule has 0 saturated heterocycles. The molecule has 0 unspecified atom stereocenters. The van der Waals surface area contributed by atoms with Crippen LogP contribution in [0.4, 0.5) is 5.69 Å². The van der Waals surface area contributed by atoms with Crippen LogP contribution in [-0.2, 0) is 0 Å². The second-order valence-corrected chi connectivity index (χ2v) is 8.11. The Morgan fingerprint density at radius 1 is 1.21 bits per heavy atom. The van der Waals surface area contributed by atoms with Crippen molar-refractivity contribution in [3.8, 4) is 17.1 Å². The van der Waals surface area contributed by atoms with Crippen LogP contribution in [0.1, 0.15) is 19.4 Å². The van der Waals surface area contributed by atoms with Crippen molar-refractivity contribution in [1.82, 2.24) is 14.9 Å². The molecule has 0 saturated carbocycles. The molecule has 0 aliphatic heterocycles. The summed E-state index contributed by atoms with van der Waals surface area (Å²) in [6.07, 6.45) is 1.55. The second-order valence-electron chi connectivity index (χ2n) is 5.95. The van der Waals surface area contributed by atoms with Gasteiger partial charge in [0, 0.05) is 34.4 Å². The summed E-state index contributed by atoms with van der Waals surface area (Å²) >= 11 is 12.0. The third-order valence-corrected chi connectivity index (χ3v) is 5.60. The van der Waals surface area contributed by atoms with Crippen LogP contribution in [0.15, 0.2) is 50.4 Å². The summed E-state index contributed by atoms with van der Waals surface area (Å²) in [5.74, 6) is 0.702. The van der Waals surface area contributed by atoms with E-state index in [4.69, 9.17) is 12.2 Å². The molecular formula is C19H19Br2N5OS. The van der Waals surface area contributed by atoms with Gasteiger partial charge in [-0.25, -0.2) is 5.10 Å². The van der Waals surface area contributed by atoms with Crippen LogP contribution >= 0.6 is 44.1 Å². The zero-order valence-electron chi connectivity index (χ0n) is 15.4. The Labute approximate surface area is 185 Å². The maximum absolute atomic E-state index is 10.2. The molecule has 3 aromatic rings. The van der Waals surface area contributed by atoms with Gasteiger partial charge in [0.1, 0.15) is 5.75 Å². The molecule has 146 valence electrons. The molecule has 0 radical (unpaired) electrons. The lowest BCUT2D eigenvalue weighted by molar-refractivity contribution is 0.471. The zero-order chi connectivity index (χ0) is 20.3. The number of nitrogens with one attached hydrogen (secondary N) is 1. The fraction of sp³-hybridized carbons (Fsp3) is 0.211. The minimum atomic E-state index is 0.104. The van der Waals surface area contributed by atoms with E-state index in [2.05, 4.69) is 78.0 Å². The predicted octanol–water partition coefficient (Wildman–Crippen LogP) is 5.57. The molecule has 2 N–H and O–H groups in total. The van der Waals surface area contributed by atoms with Crippen LogP contribution in [0.5, 0.6) is 5.75 Å². The number of aromatic amines is 1. The maximum Gasteiger partial charge on any atom is 0.216 e. The summed E-state index contributed by atoms with van der Waals surface area (Å²) in [4.78, 5) is 2.27. The molecular weight excluding hydrogens is 506 g/mol. The Hall–Kier alpha value is -1.97. The number of benzene rings is 2. The Balaban J connectivity index is 1.96. The highest BCUT2D eigenvalue weighted by Gasteiger charge is 2.10. The van der Waals surface area contributed by atoms with Gasteiger partial charge in [-0.1, -0.05) is 15.9 Å². The number of rotatable bonds is 6. The van der Waals surface area contributed by atoms with Crippen molar-refractivity contribution >= 4 is 56.0 Å². The van der Waals surface area contributed by atoms with E-state index in [0.29, 0.717) is 20.6 Å². The molecule has 1 aromatic heterocycles. The number of anilines is 1. The number of aromatic nitrogens is 3. The van der Waals surface area contributed by atoms with Crippen LogP contribution in [-0.4, -0.2) is 39.3 Å². The summed E-state index contributed by atoms with van der Waals surface area (Å²) in [7, 11) is 0. The van der Waals surface area contributed by atoms with E-state index in [0.717, 1.165) is 28.8 Å². The van der Waals surface area contributed by atoms with E-state index in [9.17, 15) is 5.11 Å². The van der Waals surface area contributed by atoms with Crippen molar-refractivity contribution in [2.75, 3.05) is 18.0 Å². The third kappa shape index (κ3) is 4.37. The standard InChI is InChI=1S/C19H19Br2N5OS/c1-3-25(4-2)15-7-5-12(6-8-15)18-23-24-19(28)26(18)22-11-13-9-14(20)10-16(21)17(13)27/h5-11,27H,3-4H2,1-2H3,(H,24,28)/b22-11+. The molecule has 0 aliphatic rings. The van der Waals surface area contributed by atoms with E-state index in [1.54, 1.807) is 18.3 Å². The lowest BCUT2D eigenvalue weighted by atomic mass is 10.2. The monoisotopic (exact) mass is 523 g/mol. The van der Waals surface area contributed by atoms with Gasteiger partial charge in [-0.05, 0) is 78.4 Å². The summed E-state index contributed by atoms with van der Waals surface area (Å²) in [5, 5.41) is 21.7. The summed E-state index contributed by atoms with van der Waals surface area (Å²) in [6.45, 7) is 6.16. The molecule has 28 heavy (non-hydrogen) atoms. The molecule has 0 spiro atoms. The van der Waals surface area contributed by atoms with Crippen LogP contribution < -0.4 is 4.90 Å². The van der Waals surface area contributed by atoms with E-state index in [-0.39, 0.29) is 5.75 Å². The van der Waals surface area contributed by atoms with Crippen LogP contribution in [0, 0.1) is 4.77 Å². The van der Waals surface area contributed by atoms with Crippen molar-refractivity contribution in [2.24, 2.45) is 5.10 Å². The lowest BCUT2D eigenvalue weighted by Gasteiger charge is -2.20. The van der Waals surface area contributed by atoms with Crippen molar-refractivity contribution in [1.29, 1.82) is 0 Å². The van der Waals surface area contributed by atoms with Gasteiger partial charge in [-0.15, -0.1) is 0 Å². The van der Waals surface area contributed by atoms with Gasteiger partial charge in [0.2, 0.25) is 4.77 Å². The highest BCUT2D eigenvalue weighted by molar-refractivity contribution is 9.11. The van der Waals surface area contributed by atoms with Gasteiger partial charge in [-0.3, -0.25) is 0 Å². The van der Waals surface area contributed by atoms with Crippen LogP contribution in [0.25, 0.3) is 11.4 Å². The van der Waals surface area contributed by atoms with Gasteiger partial charge in [0.25, 0.3) is 0 Å². The highest BCUT2D eigenvalue weighted by Crippen LogP contribution is 2.31. The van der Waals surface area contributed by atoms with Gasteiger partial charge in [0.05, 0.1) is 10.7 Å². The lowest BCUT2D eigenvalue weighted by Crippen LogP contribution is -2.21.